The van der Waals surface area contributed by atoms with Gasteiger partial charge in [-0.2, -0.15) is 8.78 Å². The zero-order valence-electron chi connectivity index (χ0n) is 16.3. The van der Waals surface area contributed by atoms with Crippen LogP contribution in [0.15, 0.2) is 23.0 Å². The summed E-state index contributed by atoms with van der Waals surface area (Å²) in [5.74, 6) is 0.820. The molecule has 0 saturated heterocycles. The Morgan fingerprint density at radius 1 is 1.34 bits per heavy atom. The highest BCUT2D eigenvalue weighted by atomic mass is 32.1. The van der Waals surface area contributed by atoms with Crippen molar-refractivity contribution in [3.63, 3.8) is 0 Å². The molecule has 5 nitrogen and oxygen atoms in total. The van der Waals surface area contributed by atoms with E-state index in [0.29, 0.717) is 41.2 Å². The van der Waals surface area contributed by atoms with Crippen molar-refractivity contribution in [3.05, 3.63) is 50.4 Å². The van der Waals surface area contributed by atoms with Crippen molar-refractivity contribution in [3.8, 4) is 11.5 Å². The third kappa shape index (κ3) is 3.42. The molecule has 8 heteroatoms. The van der Waals surface area contributed by atoms with Crippen LogP contribution in [0.25, 0.3) is 21.9 Å². The van der Waals surface area contributed by atoms with Crippen LogP contribution in [0.5, 0.6) is 11.5 Å². The van der Waals surface area contributed by atoms with Crippen molar-refractivity contribution in [1.29, 1.82) is 0 Å². The molecule has 1 aliphatic rings. The molecule has 3 heterocycles. The summed E-state index contributed by atoms with van der Waals surface area (Å²) < 4.78 is 37.8. The normalized spacial score (nSPS) is 14.8. The van der Waals surface area contributed by atoms with Crippen molar-refractivity contribution in [2.75, 3.05) is 6.61 Å². The molecular weight excluding hydrogens is 398 g/mol. The van der Waals surface area contributed by atoms with Crippen LogP contribution in [-0.4, -0.2) is 22.8 Å². The van der Waals surface area contributed by atoms with Crippen molar-refractivity contribution < 1.29 is 18.3 Å². The fourth-order valence-electron chi connectivity index (χ4n) is 3.58. The summed E-state index contributed by atoms with van der Waals surface area (Å²) in [7, 11) is 0. The second-order valence-corrected chi connectivity index (χ2v) is 7.96. The fourth-order valence-corrected chi connectivity index (χ4v) is 4.60. The lowest BCUT2D eigenvalue weighted by atomic mass is 10.1. The monoisotopic (exact) mass is 418 g/mol. The lowest BCUT2D eigenvalue weighted by molar-refractivity contribution is -0.0515. The number of aromatic nitrogens is 2. The molecule has 0 radical (unpaired) electrons. The lowest BCUT2D eigenvalue weighted by Gasteiger charge is -2.14. The first-order valence-corrected chi connectivity index (χ1v) is 10.1. The summed E-state index contributed by atoms with van der Waals surface area (Å²) in [4.78, 5) is 19.5. The summed E-state index contributed by atoms with van der Waals surface area (Å²) >= 11 is 1.49. The van der Waals surface area contributed by atoms with Crippen molar-refractivity contribution >= 4 is 33.2 Å². The zero-order valence-corrected chi connectivity index (χ0v) is 17.1. The van der Waals surface area contributed by atoms with Crippen molar-refractivity contribution in [2.24, 2.45) is 0 Å². The van der Waals surface area contributed by atoms with E-state index in [1.54, 1.807) is 35.8 Å². The highest BCUT2D eigenvalue weighted by molar-refractivity contribution is 7.18. The minimum Gasteiger partial charge on any atom is -0.490 e. The standard InChI is InChI=1S/C21H20F2N2O3S/c1-4-27-15-7-5-6-13(17(15)28-21(22)23)10-14-8-9-25-18(14)24-19-16(20(25)26)11(2)12(3)29-19/h5-7,10,21H,4,8-9H2,1-3H3/b14-10+. The fraction of sp³-hybridized carbons (Fsp3) is 0.333. The predicted octanol–water partition coefficient (Wildman–Crippen LogP) is 5.02. The van der Waals surface area contributed by atoms with Gasteiger partial charge in [0.15, 0.2) is 11.5 Å². The molecule has 0 atom stereocenters. The summed E-state index contributed by atoms with van der Waals surface area (Å²) in [6.45, 7) is 3.55. The van der Waals surface area contributed by atoms with Gasteiger partial charge >= 0.3 is 6.61 Å². The van der Waals surface area contributed by atoms with E-state index in [0.717, 1.165) is 16.0 Å². The second kappa shape index (κ2) is 7.59. The number of hydrogen-bond donors (Lipinski definition) is 0. The summed E-state index contributed by atoms with van der Waals surface area (Å²) in [5, 5.41) is 0.664. The molecular formula is C21H20F2N2O3S. The second-order valence-electron chi connectivity index (χ2n) is 6.76. The molecule has 1 aliphatic heterocycles. The van der Waals surface area contributed by atoms with Crippen molar-refractivity contribution in [2.45, 2.75) is 40.3 Å². The molecule has 0 amide bonds. The molecule has 0 saturated carbocycles. The van der Waals surface area contributed by atoms with E-state index in [4.69, 9.17) is 14.5 Å². The Morgan fingerprint density at radius 2 is 2.14 bits per heavy atom. The van der Waals surface area contributed by atoms with Crippen LogP contribution in [0.4, 0.5) is 8.78 Å². The maximum absolute atomic E-state index is 13.0. The minimum atomic E-state index is -2.97. The van der Waals surface area contributed by atoms with Crippen LogP contribution >= 0.6 is 11.3 Å². The first-order valence-electron chi connectivity index (χ1n) is 9.32. The SMILES string of the molecule is CCOc1cccc(/C=C2\CCn3c2nc2sc(C)c(C)c2c3=O)c1OC(F)F. The molecule has 3 aromatic rings. The molecule has 2 aromatic heterocycles. The van der Waals surface area contributed by atoms with E-state index in [9.17, 15) is 13.6 Å². The number of nitrogens with zero attached hydrogens (tertiary/aromatic N) is 2. The maximum atomic E-state index is 13.0. The van der Waals surface area contributed by atoms with Gasteiger partial charge in [-0.25, -0.2) is 4.98 Å². The molecule has 29 heavy (non-hydrogen) atoms. The van der Waals surface area contributed by atoms with Crippen LogP contribution in [0.2, 0.25) is 0 Å². The van der Waals surface area contributed by atoms with Crippen LogP contribution in [0, 0.1) is 13.8 Å². The van der Waals surface area contributed by atoms with E-state index in [-0.39, 0.29) is 17.1 Å². The molecule has 152 valence electrons. The van der Waals surface area contributed by atoms with E-state index in [2.05, 4.69) is 0 Å². The number of fused-ring (bicyclic) bond motifs is 2. The van der Waals surface area contributed by atoms with Gasteiger partial charge in [-0.3, -0.25) is 9.36 Å². The molecule has 0 bridgehead atoms. The molecule has 0 N–H and O–H groups in total. The number of hydrogen-bond acceptors (Lipinski definition) is 5. The number of para-hydroxylation sites is 1. The maximum Gasteiger partial charge on any atom is 0.387 e. The van der Waals surface area contributed by atoms with Crippen LogP contribution < -0.4 is 15.0 Å². The molecule has 1 aromatic carbocycles. The Labute approximate surface area is 170 Å². The van der Waals surface area contributed by atoms with E-state index in [1.807, 2.05) is 13.8 Å². The molecule has 4 rings (SSSR count). The summed E-state index contributed by atoms with van der Waals surface area (Å²) in [6.07, 6.45) is 2.34. The number of alkyl halides is 2. The number of aryl methyl sites for hydroxylation is 2. The average Bonchev–Trinajstić information content (AvgIpc) is 3.19. The Bertz CT molecular complexity index is 1180. The Kier molecular flexibility index (Phi) is 5.12. The number of allylic oxidation sites excluding steroid dienone is 1. The predicted molar refractivity (Wildman–Crippen MR) is 110 cm³/mol. The number of halogens is 2. The van der Waals surface area contributed by atoms with Gasteiger partial charge in [0.25, 0.3) is 5.56 Å². The van der Waals surface area contributed by atoms with E-state index < -0.39 is 6.61 Å². The highest BCUT2D eigenvalue weighted by Crippen LogP contribution is 2.37. The molecule has 0 fully saturated rings. The number of rotatable bonds is 5. The van der Waals surface area contributed by atoms with E-state index in [1.165, 1.54) is 11.3 Å². The largest absolute Gasteiger partial charge is 0.490 e. The summed E-state index contributed by atoms with van der Waals surface area (Å²) in [6, 6.07) is 5.00. The van der Waals surface area contributed by atoms with Gasteiger partial charge in [-0.15, -0.1) is 11.3 Å². The smallest absolute Gasteiger partial charge is 0.387 e. The van der Waals surface area contributed by atoms with Gasteiger partial charge in [-0.05, 0) is 50.5 Å². The Hall–Kier alpha value is -2.74. The number of ether oxygens (including phenoxy) is 2. The van der Waals surface area contributed by atoms with Gasteiger partial charge in [0.2, 0.25) is 0 Å². The molecule has 0 unspecified atom stereocenters. The number of thiophene rings is 1. The van der Waals surface area contributed by atoms with Gasteiger partial charge < -0.3 is 9.47 Å². The van der Waals surface area contributed by atoms with Gasteiger partial charge in [-0.1, -0.05) is 12.1 Å². The summed E-state index contributed by atoms with van der Waals surface area (Å²) in [5.41, 5.74) is 2.18. The molecule has 0 spiro atoms. The Balaban J connectivity index is 1.86. The van der Waals surface area contributed by atoms with Crippen LogP contribution in [-0.2, 0) is 6.54 Å². The highest BCUT2D eigenvalue weighted by Gasteiger charge is 2.24. The van der Waals surface area contributed by atoms with Crippen LogP contribution in [0.3, 0.4) is 0 Å². The van der Waals surface area contributed by atoms with Gasteiger partial charge in [0.05, 0.1) is 12.0 Å². The van der Waals surface area contributed by atoms with Crippen LogP contribution in [0.1, 0.15) is 35.2 Å². The van der Waals surface area contributed by atoms with Gasteiger partial charge in [0, 0.05) is 17.0 Å². The zero-order chi connectivity index (χ0) is 20.7. The first-order chi connectivity index (χ1) is 13.9. The minimum absolute atomic E-state index is 0.0125. The third-order valence-corrected chi connectivity index (χ3v) is 6.13. The Morgan fingerprint density at radius 3 is 2.86 bits per heavy atom. The molecule has 0 aliphatic carbocycles. The van der Waals surface area contributed by atoms with Crippen molar-refractivity contribution in [1.82, 2.24) is 9.55 Å². The van der Waals surface area contributed by atoms with Gasteiger partial charge in [0.1, 0.15) is 10.7 Å². The quantitative estimate of drug-likeness (QED) is 0.584. The third-order valence-electron chi connectivity index (χ3n) is 5.03. The first kappa shape index (κ1) is 19.6. The average molecular weight is 418 g/mol. The number of benzene rings is 1. The van der Waals surface area contributed by atoms with E-state index >= 15 is 0 Å². The lowest BCUT2D eigenvalue weighted by Crippen LogP contribution is -2.20. The topological polar surface area (TPSA) is 53.4 Å².